The number of thiophene rings is 1. The van der Waals surface area contributed by atoms with Gasteiger partial charge in [-0.05, 0) is 60.9 Å². The van der Waals surface area contributed by atoms with Crippen molar-refractivity contribution >= 4 is 40.6 Å². The molecule has 2 aromatic rings. The van der Waals surface area contributed by atoms with Gasteiger partial charge in [0.05, 0.1) is 5.92 Å². The Bertz CT molecular complexity index is 880. The number of nitrogens with one attached hydrogen (secondary N) is 1. The van der Waals surface area contributed by atoms with Crippen molar-refractivity contribution in [2.75, 3.05) is 30.8 Å². The van der Waals surface area contributed by atoms with E-state index in [9.17, 15) is 9.59 Å². The molecule has 5 nitrogen and oxygen atoms in total. The van der Waals surface area contributed by atoms with Gasteiger partial charge in [0.25, 0.3) is 0 Å². The van der Waals surface area contributed by atoms with E-state index in [1.165, 1.54) is 10.4 Å². The second kappa shape index (κ2) is 8.90. The average Bonchev–Trinajstić information content (AvgIpc) is 3.37. The van der Waals surface area contributed by atoms with Crippen molar-refractivity contribution in [2.24, 2.45) is 5.92 Å². The number of rotatable bonds is 6. The van der Waals surface area contributed by atoms with E-state index in [-0.39, 0.29) is 30.2 Å². The van der Waals surface area contributed by atoms with E-state index >= 15 is 0 Å². The summed E-state index contributed by atoms with van der Waals surface area (Å²) in [7, 11) is 0. The minimum Gasteiger partial charge on any atom is -0.354 e. The van der Waals surface area contributed by atoms with Gasteiger partial charge in [-0.3, -0.25) is 14.5 Å². The molecule has 0 radical (unpaired) electrons. The molecule has 0 saturated carbocycles. The lowest BCUT2D eigenvalue weighted by Crippen LogP contribution is -2.45. The molecule has 1 aromatic heterocycles. The molecule has 2 aliphatic rings. The van der Waals surface area contributed by atoms with Gasteiger partial charge in [-0.2, -0.15) is 0 Å². The number of fused-ring (bicyclic) bond motifs is 1. The minimum absolute atomic E-state index is 0.0123. The second-order valence-corrected chi connectivity index (χ2v) is 9.67. The Morgan fingerprint density at radius 1 is 1.31 bits per heavy atom. The van der Waals surface area contributed by atoms with Gasteiger partial charge in [0.2, 0.25) is 11.8 Å². The molecule has 4 rings (SSSR count). The Morgan fingerprint density at radius 2 is 2.10 bits per heavy atom. The standard InChI is InChI=1S/C22H27N3O2S2/c1-15(24-9-7-20-16(13-24)8-10-29-20)12-23-22(27)17-11-21(26)25(14-17)18-3-5-19(28-2)6-4-18/h3-6,8,10,15,17H,7,9,11-14H2,1-2H3,(H,23,27)/t15-,17-/m0/s1. The summed E-state index contributed by atoms with van der Waals surface area (Å²) in [5.41, 5.74) is 2.29. The number of thioether (sulfide) groups is 1. The molecule has 1 aromatic carbocycles. The van der Waals surface area contributed by atoms with Crippen molar-refractivity contribution in [2.45, 2.75) is 37.2 Å². The zero-order valence-corrected chi connectivity index (χ0v) is 18.5. The first kappa shape index (κ1) is 20.4. The first-order chi connectivity index (χ1) is 14.0. The topological polar surface area (TPSA) is 52.7 Å². The van der Waals surface area contributed by atoms with Crippen LogP contribution in [0.5, 0.6) is 0 Å². The summed E-state index contributed by atoms with van der Waals surface area (Å²) in [6.07, 6.45) is 3.40. The summed E-state index contributed by atoms with van der Waals surface area (Å²) in [6, 6.07) is 10.4. The molecule has 7 heteroatoms. The Balaban J connectivity index is 1.29. The number of hydrogen-bond acceptors (Lipinski definition) is 5. The monoisotopic (exact) mass is 429 g/mol. The lowest BCUT2D eigenvalue weighted by molar-refractivity contribution is -0.126. The van der Waals surface area contributed by atoms with Gasteiger partial charge in [-0.25, -0.2) is 0 Å². The van der Waals surface area contributed by atoms with Crippen LogP contribution in [0, 0.1) is 5.92 Å². The van der Waals surface area contributed by atoms with Gasteiger partial charge < -0.3 is 10.2 Å². The van der Waals surface area contributed by atoms with E-state index in [2.05, 4.69) is 28.6 Å². The maximum Gasteiger partial charge on any atom is 0.227 e. The zero-order valence-electron chi connectivity index (χ0n) is 16.9. The molecule has 1 saturated heterocycles. The largest absolute Gasteiger partial charge is 0.354 e. The molecule has 29 heavy (non-hydrogen) atoms. The molecule has 0 spiro atoms. The van der Waals surface area contributed by atoms with Crippen LogP contribution in [0.15, 0.2) is 40.6 Å². The molecular formula is C22H27N3O2S2. The van der Waals surface area contributed by atoms with E-state index in [4.69, 9.17) is 0 Å². The third kappa shape index (κ3) is 4.52. The molecule has 2 amide bonds. The lowest BCUT2D eigenvalue weighted by Gasteiger charge is -2.32. The Labute approximate surface area is 180 Å². The first-order valence-electron chi connectivity index (χ1n) is 10.1. The van der Waals surface area contributed by atoms with Crippen LogP contribution in [0.4, 0.5) is 5.69 Å². The third-order valence-electron chi connectivity index (χ3n) is 5.91. The Kier molecular flexibility index (Phi) is 6.27. The van der Waals surface area contributed by atoms with Gasteiger partial charge in [0.1, 0.15) is 0 Å². The Morgan fingerprint density at radius 3 is 2.86 bits per heavy atom. The van der Waals surface area contributed by atoms with Crippen molar-refractivity contribution < 1.29 is 9.59 Å². The maximum atomic E-state index is 12.7. The summed E-state index contributed by atoms with van der Waals surface area (Å²) in [5.74, 6) is -0.266. The fourth-order valence-electron chi connectivity index (χ4n) is 4.06. The minimum atomic E-state index is -0.278. The van der Waals surface area contributed by atoms with E-state index < -0.39 is 0 Å². The van der Waals surface area contributed by atoms with Crippen molar-refractivity contribution in [3.8, 4) is 0 Å². The first-order valence-corrected chi connectivity index (χ1v) is 12.2. The summed E-state index contributed by atoms with van der Waals surface area (Å²) in [5, 5.41) is 5.25. The van der Waals surface area contributed by atoms with E-state index in [0.717, 1.165) is 30.1 Å². The van der Waals surface area contributed by atoms with Crippen LogP contribution >= 0.6 is 23.1 Å². The fraction of sp³-hybridized carbons (Fsp3) is 0.455. The molecule has 2 atom stereocenters. The number of benzene rings is 1. The molecule has 1 N–H and O–H groups in total. The number of hydrogen-bond donors (Lipinski definition) is 1. The molecule has 2 aliphatic heterocycles. The normalized spacial score (nSPS) is 20.6. The lowest BCUT2D eigenvalue weighted by atomic mass is 10.1. The van der Waals surface area contributed by atoms with Crippen LogP contribution in [0.2, 0.25) is 0 Å². The van der Waals surface area contributed by atoms with Crippen molar-refractivity contribution in [1.82, 2.24) is 10.2 Å². The smallest absolute Gasteiger partial charge is 0.227 e. The summed E-state index contributed by atoms with van der Waals surface area (Å²) in [4.78, 5) is 32.0. The van der Waals surface area contributed by atoms with Gasteiger partial charge >= 0.3 is 0 Å². The summed E-state index contributed by atoms with van der Waals surface area (Å²) >= 11 is 3.51. The molecule has 0 bridgehead atoms. The number of amides is 2. The highest BCUT2D eigenvalue weighted by Gasteiger charge is 2.35. The summed E-state index contributed by atoms with van der Waals surface area (Å²) < 4.78 is 0. The quantitative estimate of drug-likeness (QED) is 0.716. The van der Waals surface area contributed by atoms with E-state index in [1.807, 2.05) is 41.9 Å². The van der Waals surface area contributed by atoms with Gasteiger partial charge in [-0.15, -0.1) is 23.1 Å². The van der Waals surface area contributed by atoms with E-state index in [1.54, 1.807) is 16.7 Å². The molecule has 3 heterocycles. The average molecular weight is 430 g/mol. The van der Waals surface area contributed by atoms with Gasteiger partial charge in [0, 0.05) is 54.1 Å². The van der Waals surface area contributed by atoms with Crippen LogP contribution < -0.4 is 10.2 Å². The number of carbonyl (C=O) groups excluding carboxylic acids is 2. The molecule has 154 valence electrons. The summed E-state index contributed by atoms with van der Waals surface area (Å²) in [6.45, 7) is 5.23. The van der Waals surface area contributed by atoms with Crippen molar-refractivity contribution in [3.05, 3.63) is 46.2 Å². The highest BCUT2D eigenvalue weighted by molar-refractivity contribution is 7.98. The van der Waals surface area contributed by atoms with Crippen molar-refractivity contribution in [3.63, 3.8) is 0 Å². The molecular weight excluding hydrogens is 402 g/mol. The van der Waals surface area contributed by atoms with E-state index in [0.29, 0.717) is 13.1 Å². The van der Waals surface area contributed by atoms with Crippen LogP contribution in [0.25, 0.3) is 0 Å². The Hall–Kier alpha value is -1.83. The second-order valence-electron chi connectivity index (χ2n) is 7.79. The molecule has 1 fully saturated rings. The number of nitrogens with zero attached hydrogens (tertiary/aromatic N) is 2. The highest BCUT2D eigenvalue weighted by Crippen LogP contribution is 2.28. The zero-order chi connectivity index (χ0) is 20.4. The fourth-order valence-corrected chi connectivity index (χ4v) is 5.36. The number of carbonyl (C=O) groups is 2. The van der Waals surface area contributed by atoms with Gasteiger partial charge in [0.15, 0.2) is 0 Å². The van der Waals surface area contributed by atoms with Crippen LogP contribution in [0.3, 0.4) is 0 Å². The predicted octanol–water partition coefficient (Wildman–Crippen LogP) is 3.39. The SMILES string of the molecule is CSc1ccc(N2C[C@@H](C(=O)NC[C@H](C)N3CCc4sccc4C3)CC2=O)cc1. The molecule has 0 unspecified atom stereocenters. The van der Waals surface area contributed by atoms with Crippen molar-refractivity contribution in [1.29, 1.82) is 0 Å². The van der Waals surface area contributed by atoms with Crippen LogP contribution in [-0.2, 0) is 22.6 Å². The van der Waals surface area contributed by atoms with Crippen LogP contribution in [-0.4, -0.2) is 48.6 Å². The maximum absolute atomic E-state index is 12.7. The van der Waals surface area contributed by atoms with Gasteiger partial charge in [-0.1, -0.05) is 0 Å². The van der Waals surface area contributed by atoms with Crippen LogP contribution in [0.1, 0.15) is 23.8 Å². The highest BCUT2D eigenvalue weighted by atomic mass is 32.2. The number of anilines is 1. The molecule has 0 aliphatic carbocycles. The third-order valence-corrected chi connectivity index (χ3v) is 7.68. The predicted molar refractivity (Wildman–Crippen MR) is 120 cm³/mol.